The highest BCUT2D eigenvalue weighted by molar-refractivity contribution is 6.08. The second kappa shape index (κ2) is 12.9. The van der Waals surface area contributed by atoms with Crippen molar-refractivity contribution in [2.75, 3.05) is 25.5 Å². The third kappa shape index (κ3) is 6.75. The number of halogens is 3. The van der Waals surface area contributed by atoms with Gasteiger partial charge in [0.05, 0.1) is 17.7 Å². The molecule has 1 aliphatic heterocycles. The molecule has 4 aromatic carbocycles. The number of hydrogen-bond donors (Lipinski definition) is 1. The second-order valence-electron chi connectivity index (χ2n) is 10.8. The predicted molar refractivity (Wildman–Crippen MR) is 160 cm³/mol. The topological polar surface area (TPSA) is 41.6 Å². The Balaban J connectivity index is 1.23. The summed E-state index contributed by atoms with van der Waals surface area (Å²) < 4.78 is 44.8. The summed E-state index contributed by atoms with van der Waals surface area (Å²) in [4.78, 5) is 15.7. The number of nitrogens with one attached hydrogen (secondary N) is 1. The van der Waals surface area contributed by atoms with Gasteiger partial charge in [-0.25, -0.2) is 0 Å². The molecule has 1 N–H and O–H groups in total. The fourth-order valence-electron chi connectivity index (χ4n) is 5.88. The Labute approximate surface area is 245 Å². The monoisotopic (exact) mass is 572 g/mol. The van der Waals surface area contributed by atoms with Gasteiger partial charge in [-0.3, -0.25) is 9.69 Å². The van der Waals surface area contributed by atoms with Crippen LogP contribution in [0.25, 0.3) is 11.1 Å². The van der Waals surface area contributed by atoms with Crippen molar-refractivity contribution in [3.8, 4) is 11.1 Å². The van der Waals surface area contributed by atoms with E-state index in [-0.39, 0.29) is 18.1 Å². The molecule has 1 amide bonds. The lowest BCUT2D eigenvalue weighted by atomic mass is 9.87. The highest BCUT2D eigenvalue weighted by Crippen LogP contribution is 2.35. The van der Waals surface area contributed by atoms with Crippen molar-refractivity contribution >= 4 is 11.6 Å². The van der Waals surface area contributed by atoms with Crippen molar-refractivity contribution in [1.82, 2.24) is 4.90 Å². The molecule has 2 atom stereocenters. The van der Waals surface area contributed by atoms with Gasteiger partial charge in [-0.15, -0.1) is 0 Å². The standard InChI is InChI=1S/C35H35F3N2O2/c1-24(42-2)33(28-8-4-3-5-9-28)40-22-20-26(21-23-40)25-14-18-30(19-15-25)39-34(41)32-11-7-6-10-31(32)27-12-16-29(17-13-27)35(36,37)38/h3-19,24,26,33H,20-23H2,1-2H3,(H,39,41)/t24?,33-/m1/s1. The Morgan fingerprint density at radius 1 is 0.857 bits per heavy atom. The lowest BCUT2D eigenvalue weighted by molar-refractivity contribution is -0.137. The maximum Gasteiger partial charge on any atom is 0.416 e. The van der Waals surface area contributed by atoms with Crippen LogP contribution in [0.2, 0.25) is 0 Å². The Hall–Kier alpha value is -3.94. The van der Waals surface area contributed by atoms with Gasteiger partial charge in [0.15, 0.2) is 0 Å². The summed E-state index contributed by atoms with van der Waals surface area (Å²) in [6.45, 7) is 4.06. The number of piperidine rings is 1. The molecular formula is C35H35F3N2O2. The number of rotatable bonds is 8. The number of ether oxygens (including phenoxy) is 1. The molecule has 1 fully saturated rings. The minimum Gasteiger partial charge on any atom is -0.380 e. The van der Waals surface area contributed by atoms with Crippen LogP contribution in [0.3, 0.4) is 0 Å². The number of amides is 1. The van der Waals surface area contributed by atoms with Crippen LogP contribution in [0.15, 0.2) is 103 Å². The summed E-state index contributed by atoms with van der Waals surface area (Å²) >= 11 is 0. The van der Waals surface area contributed by atoms with E-state index in [4.69, 9.17) is 4.74 Å². The van der Waals surface area contributed by atoms with Crippen LogP contribution in [0.1, 0.15) is 58.8 Å². The van der Waals surface area contributed by atoms with Crippen LogP contribution < -0.4 is 5.32 Å². The van der Waals surface area contributed by atoms with Crippen molar-refractivity contribution in [1.29, 1.82) is 0 Å². The molecule has 1 saturated heterocycles. The van der Waals surface area contributed by atoms with Crippen LogP contribution in [0.5, 0.6) is 0 Å². The molecule has 0 saturated carbocycles. The second-order valence-corrected chi connectivity index (χ2v) is 10.8. The Morgan fingerprint density at radius 2 is 1.48 bits per heavy atom. The van der Waals surface area contributed by atoms with Gasteiger partial charge >= 0.3 is 6.18 Å². The summed E-state index contributed by atoms with van der Waals surface area (Å²) in [5.74, 6) is 0.117. The lowest BCUT2D eigenvalue weighted by Crippen LogP contribution is -2.41. The molecule has 0 spiro atoms. The summed E-state index contributed by atoms with van der Waals surface area (Å²) in [6.07, 6.45) is -2.26. The highest BCUT2D eigenvalue weighted by atomic mass is 19.4. The first-order valence-corrected chi connectivity index (χ1v) is 14.2. The van der Waals surface area contributed by atoms with Crippen molar-refractivity contribution in [2.45, 2.75) is 44.0 Å². The fraction of sp³-hybridized carbons (Fsp3) is 0.286. The van der Waals surface area contributed by atoms with E-state index < -0.39 is 11.7 Å². The number of hydrogen-bond acceptors (Lipinski definition) is 3. The molecular weight excluding hydrogens is 537 g/mol. The van der Waals surface area contributed by atoms with E-state index in [1.54, 1.807) is 31.4 Å². The average molecular weight is 573 g/mol. The van der Waals surface area contributed by atoms with Crippen LogP contribution in [0.4, 0.5) is 18.9 Å². The fourth-order valence-corrected chi connectivity index (χ4v) is 5.88. The molecule has 4 nitrogen and oxygen atoms in total. The maximum absolute atomic E-state index is 13.2. The number of nitrogens with zero attached hydrogens (tertiary/aromatic N) is 1. The summed E-state index contributed by atoms with van der Waals surface area (Å²) in [5.41, 5.74) is 3.97. The molecule has 42 heavy (non-hydrogen) atoms. The zero-order chi connectivity index (χ0) is 29.7. The number of carbonyl (C=O) groups excluding carboxylic acids is 1. The summed E-state index contributed by atoms with van der Waals surface area (Å²) in [7, 11) is 1.76. The van der Waals surface area contributed by atoms with E-state index in [1.807, 2.05) is 18.2 Å². The number of methoxy groups -OCH3 is 1. The van der Waals surface area contributed by atoms with Crippen LogP contribution in [-0.4, -0.2) is 37.1 Å². The van der Waals surface area contributed by atoms with Crippen molar-refractivity contribution in [3.05, 3.63) is 125 Å². The van der Waals surface area contributed by atoms with Gasteiger partial charge in [0.1, 0.15) is 0 Å². The number of likely N-dealkylation sites (tertiary alicyclic amines) is 1. The van der Waals surface area contributed by atoms with Crippen molar-refractivity contribution in [2.24, 2.45) is 0 Å². The lowest BCUT2D eigenvalue weighted by Gasteiger charge is -2.40. The van der Waals surface area contributed by atoms with Crippen molar-refractivity contribution in [3.63, 3.8) is 0 Å². The predicted octanol–water partition coefficient (Wildman–Crippen LogP) is 8.58. The van der Waals surface area contributed by atoms with E-state index in [2.05, 4.69) is 53.5 Å². The molecule has 4 aromatic rings. The van der Waals surface area contributed by atoms with Crippen molar-refractivity contribution < 1.29 is 22.7 Å². The molecule has 0 aliphatic carbocycles. The van der Waals surface area contributed by atoms with Crippen LogP contribution >= 0.6 is 0 Å². The van der Waals surface area contributed by atoms with E-state index in [0.717, 1.165) is 38.1 Å². The largest absolute Gasteiger partial charge is 0.416 e. The average Bonchev–Trinajstić information content (AvgIpc) is 3.02. The first-order valence-electron chi connectivity index (χ1n) is 14.2. The molecule has 1 heterocycles. The normalized spacial score (nSPS) is 16.1. The minimum absolute atomic E-state index is 0.0798. The highest BCUT2D eigenvalue weighted by Gasteiger charge is 2.31. The quantitative estimate of drug-likeness (QED) is 0.230. The summed E-state index contributed by atoms with van der Waals surface area (Å²) in [5, 5.41) is 2.95. The molecule has 5 rings (SSSR count). The molecule has 1 unspecified atom stereocenters. The van der Waals surface area contributed by atoms with E-state index in [0.29, 0.717) is 28.3 Å². The van der Waals surface area contributed by atoms with Gasteiger partial charge in [0.25, 0.3) is 5.91 Å². The number of alkyl halides is 3. The Morgan fingerprint density at radius 3 is 2.10 bits per heavy atom. The molecule has 0 aromatic heterocycles. The third-order valence-corrected chi connectivity index (χ3v) is 8.22. The van der Waals surface area contributed by atoms with E-state index in [1.165, 1.54) is 23.3 Å². The Kier molecular flexibility index (Phi) is 9.09. The van der Waals surface area contributed by atoms with Crippen LogP contribution in [-0.2, 0) is 10.9 Å². The number of carbonyl (C=O) groups is 1. The number of anilines is 1. The minimum atomic E-state index is -4.41. The van der Waals surface area contributed by atoms with E-state index in [9.17, 15) is 18.0 Å². The van der Waals surface area contributed by atoms with Gasteiger partial charge in [-0.1, -0.05) is 72.8 Å². The Bertz CT molecular complexity index is 1460. The SMILES string of the molecule is COC(C)[C@H](c1ccccc1)N1CCC(c2ccc(NC(=O)c3ccccc3-c3ccc(C(F)(F)F)cc3)cc2)CC1. The molecule has 1 aliphatic rings. The zero-order valence-electron chi connectivity index (χ0n) is 23.8. The van der Waals surface area contributed by atoms with Gasteiger partial charge < -0.3 is 10.1 Å². The molecule has 7 heteroatoms. The van der Waals surface area contributed by atoms with Gasteiger partial charge in [0, 0.05) is 18.4 Å². The molecule has 218 valence electrons. The van der Waals surface area contributed by atoms with Gasteiger partial charge in [-0.2, -0.15) is 13.2 Å². The number of benzene rings is 4. The molecule has 0 radical (unpaired) electrons. The van der Waals surface area contributed by atoms with E-state index >= 15 is 0 Å². The first kappa shape index (κ1) is 29.5. The third-order valence-electron chi connectivity index (χ3n) is 8.22. The first-order chi connectivity index (χ1) is 20.2. The zero-order valence-corrected chi connectivity index (χ0v) is 23.8. The maximum atomic E-state index is 13.2. The van der Waals surface area contributed by atoms with Gasteiger partial charge in [-0.05, 0) is 91.4 Å². The molecule has 0 bridgehead atoms. The van der Waals surface area contributed by atoms with Crippen LogP contribution in [0, 0.1) is 0 Å². The summed E-state index contributed by atoms with van der Waals surface area (Å²) in [6, 6.07) is 30.5. The smallest absolute Gasteiger partial charge is 0.380 e. The van der Waals surface area contributed by atoms with Gasteiger partial charge in [0.2, 0.25) is 0 Å².